The molecule has 148 valence electrons. The molecule has 3 rings (SSSR count). The molecule has 0 aliphatic carbocycles. The molecule has 3 N–H and O–H groups in total. The molecule has 0 fully saturated rings. The van der Waals surface area contributed by atoms with Gasteiger partial charge < -0.3 is 20.3 Å². The lowest BCUT2D eigenvalue weighted by atomic mass is 10.2. The molecule has 1 aromatic heterocycles. The van der Waals surface area contributed by atoms with Crippen LogP contribution in [-0.2, 0) is 4.79 Å². The van der Waals surface area contributed by atoms with Crippen molar-refractivity contribution in [3.05, 3.63) is 66.9 Å². The van der Waals surface area contributed by atoms with Crippen LogP contribution in [0, 0.1) is 5.41 Å². The predicted molar refractivity (Wildman–Crippen MR) is 101 cm³/mol. The summed E-state index contributed by atoms with van der Waals surface area (Å²) >= 11 is 0. The highest BCUT2D eigenvalue weighted by Gasteiger charge is 2.01. The van der Waals surface area contributed by atoms with Crippen molar-refractivity contribution in [3.63, 3.8) is 0 Å². The second kappa shape index (κ2) is 19.0. The van der Waals surface area contributed by atoms with Crippen LogP contribution in [0.3, 0.4) is 0 Å². The van der Waals surface area contributed by atoms with Crippen LogP contribution in [0.2, 0.25) is 0 Å². The van der Waals surface area contributed by atoms with E-state index in [9.17, 15) is 13.2 Å². The molecule has 0 atom stereocenters. The van der Waals surface area contributed by atoms with Gasteiger partial charge in [-0.1, -0.05) is 48.5 Å². The van der Waals surface area contributed by atoms with Gasteiger partial charge in [-0.05, 0) is 25.3 Å². The van der Waals surface area contributed by atoms with Crippen molar-refractivity contribution in [1.82, 2.24) is 0 Å². The number of ether oxygens (including phenoxy) is 1. The summed E-state index contributed by atoms with van der Waals surface area (Å²) in [7, 11) is 1.64. The molecule has 5 nitrogen and oxygen atoms in total. The van der Waals surface area contributed by atoms with Crippen molar-refractivity contribution < 1.29 is 27.1 Å². The first kappa shape index (κ1) is 25.9. The Balaban J connectivity index is 0. The molecular formula is C19H23F3N2O3. The molecule has 0 bridgehead atoms. The Bertz CT molecular complexity index is 672. The fraction of sp³-hybridized carbons (Fsp3) is 0.158. The number of primary amides is 1. The third-order valence-electron chi connectivity index (χ3n) is 2.33. The number of nitrogens with two attached hydrogens (primary N) is 1. The fourth-order valence-electron chi connectivity index (χ4n) is 1.51. The van der Waals surface area contributed by atoms with Gasteiger partial charge >= 0.3 is 6.68 Å². The maximum atomic E-state index is 9.67. The molecule has 27 heavy (non-hydrogen) atoms. The highest BCUT2D eigenvalue weighted by atomic mass is 19.4. The number of hydrogen-bond acceptors (Lipinski definition) is 4. The minimum Gasteiger partial charge on any atom is -0.493 e. The van der Waals surface area contributed by atoms with E-state index < -0.39 is 6.68 Å². The summed E-state index contributed by atoms with van der Waals surface area (Å²) in [4.78, 5) is 8.58. The largest absolute Gasteiger partial charge is 0.493 e. The number of nitrogens with one attached hydrogen (secondary N) is 1. The van der Waals surface area contributed by atoms with E-state index in [0.29, 0.717) is 0 Å². The number of benzene rings is 2. The summed E-state index contributed by atoms with van der Waals surface area (Å²) in [5, 5.41) is 7.16. The van der Waals surface area contributed by atoms with Gasteiger partial charge in [-0.3, -0.25) is 4.79 Å². The molecular weight excluding hydrogens is 361 g/mol. The summed E-state index contributed by atoms with van der Waals surface area (Å²) in [6, 6.07) is 19.7. The summed E-state index contributed by atoms with van der Waals surface area (Å²) in [6.45, 7) is -2.00. The molecule has 3 aromatic rings. The van der Waals surface area contributed by atoms with E-state index >= 15 is 0 Å². The molecule has 2 aromatic carbocycles. The van der Waals surface area contributed by atoms with E-state index in [2.05, 4.69) is 5.73 Å². The monoisotopic (exact) mass is 384 g/mol. The summed E-state index contributed by atoms with van der Waals surface area (Å²) < 4.78 is 39.3. The maximum Gasteiger partial charge on any atom is 0.379 e. The number of fused-ring (bicyclic) bond motifs is 1. The first-order valence-electron chi connectivity index (χ1n) is 7.51. The molecule has 0 aliphatic heterocycles. The van der Waals surface area contributed by atoms with Gasteiger partial charge in [0.2, 0.25) is 6.41 Å². The second-order valence-electron chi connectivity index (χ2n) is 4.13. The van der Waals surface area contributed by atoms with Crippen LogP contribution in [0.5, 0.6) is 5.75 Å². The number of methoxy groups -OCH3 is 1. The van der Waals surface area contributed by atoms with E-state index in [4.69, 9.17) is 19.4 Å². The molecule has 0 spiro atoms. The number of carbonyl (C=O) groups is 1. The smallest absolute Gasteiger partial charge is 0.379 e. The Labute approximate surface area is 156 Å². The van der Waals surface area contributed by atoms with Crippen molar-refractivity contribution in [2.45, 2.75) is 13.6 Å². The normalized spacial score (nSPS) is 8.22. The average molecular weight is 384 g/mol. The Hall–Kier alpha value is -3.29. The molecule has 0 saturated heterocycles. The zero-order valence-corrected chi connectivity index (χ0v) is 15.0. The highest BCUT2D eigenvalue weighted by molar-refractivity contribution is 5.82. The topological polar surface area (TPSA) is 89.3 Å². The first-order valence-corrected chi connectivity index (χ1v) is 7.51. The van der Waals surface area contributed by atoms with Gasteiger partial charge in [0.25, 0.3) is 0 Å². The Morgan fingerprint density at radius 1 is 1.04 bits per heavy atom. The number of rotatable bonds is 1. The average Bonchev–Trinajstić information content (AvgIpc) is 3.13. The van der Waals surface area contributed by atoms with E-state index in [0.717, 1.165) is 16.7 Å². The Morgan fingerprint density at radius 3 is 1.81 bits per heavy atom. The van der Waals surface area contributed by atoms with E-state index in [-0.39, 0.29) is 6.41 Å². The van der Waals surface area contributed by atoms with Gasteiger partial charge in [0.05, 0.1) is 13.4 Å². The fourth-order valence-corrected chi connectivity index (χ4v) is 1.51. The van der Waals surface area contributed by atoms with Crippen molar-refractivity contribution in [1.29, 1.82) is 5.41 Å². The minimum atomic E-state index is -3.67. The zero-order valence-electron chi connectivity index (χ0n) is 15.0. The Kier molecular flexibility index (Phi) is 18.3. The number of alkyl halides is 3. The van der Waals surface area contributed by atoms with Crippen molar-refractivity contribution in [2.75, 3.05) is 7.11 Å². The van der Waals surface area contributed by atoms with Crippen molar-refractivity contribution in [3.8, 4) is 5.75 Å². The van der Waals surface area contributed by atoms with Crippen LogP contribution in [0.25, 0.3) is 11.0 Å². The summed E-state index contributed by atoms with van der Waals surface area (Å²) in [6.07, 6.45) is 3.16. The summed E-state index contributed by atoms with van der Waals surface area (Å²) in [5.41, 5.74) is 4.98. The van der Waals surface area contributed by atoms with Gasteiger partial charge in [0.15, 0.2) is 11.3 Å². The second-order valence-corrected chi connectivity index (χ2v) is 4.13. The lowest BCUT2D eigenvalue weighted by Crippen LogP contribution is -1.82. The van der Waals surface area contributed by atoms with Crippen LogP contribution in [0.15, 0.2) is 71.3 Å². The number of halogens is 3. The van der Waals surface area contributed by atoms with Crippen LogP contribution >= 0.6 is 0 Å². The molecule has 0 radical (unpaired) electrons. The van der Waals surface area contributed by atoms with Gasteiger partial charge in [-0.15, -0.1) is 0 Å². The first-order chi connectivity index (χ1) is 13.0. The molecule has 1 amide bonds. The van der Waals surface area contributed by atoms with Crippen molar-refractivity contribution >= 4 is 23.6 Å². The number of hydrogen-bond donors (Lipinski definition) is 2. The predicted octanol–water partition coefficient (Wildman–Crippen LogP) is 5.06. The molecule has 0 unspecified atom stereocenters. The number of carbonyl (C=O) groups excluding carboxylic acids is 1. The van der Waals surface area contributed by atoms with Gasteiger partial charge in [-0.2, -0.15) is 13.2 Å². The quantitative estimate of drug-likeness (QED) is 0.454. The van der Waals surface area contributed by atoms with Crippen LogP contribution < -0.4 is 10.5 Å². The molecule has 8 heteroatoms. The molecule has 1 heterocycles. The Morgan fingerprint density at radius 2 is 1.44 bits per heavy atom. The molecule has 0 saturated carbocycles. The van der Waals surface area contributed by atoms with Gasteiger partial charge in [0, 0.05) is 5.39 Å². The van der Waals surface area contributed by atoms with E-state index in [1.165, 1.54) is 6.21 Å². The van der Waals surface area contributed by atoms with Crippen LogP contribution in [0.4, 0.5) is 13.2 Å². The van der Waals surface area contributed by atoms with Crippen LogP contribution in [-0.4, -0.2) is 26.4 Å². The summed E-state index contributed by atoms with van der Waals surface area (Å²) in [5.74, 6) is 0.785. The number of furan rings is 1. The standard InChI is InChI=1S/C9H8O2.C6H6.C2H5N.CHF3.CH3NO/c1-10-8-4-2-3-7-5-6-11-9(7)8;1-2-4-6-5-3-1;1-2-3;2-1(3)4;2-1-3/h2-6H,1H3;1-6H;2-3H,1H3;1H;1H,(H2,2,3). The van der Waals surface area contributed by atoms with Gasteiger partial charge in [0.1, 0.15) is 0 Å². The highest BCUT2D eigenvalue weighted by Crippen LogP contribution is 2.25. The minimum absolute atomic E-state index is 0.250. The van der Waals surface area contributed by atoms with E-state index in [1.807, 2.05) is 60.7 Å². The maximum absolute atomic E-state index is 9.67. The van der Waals surface area contributed by atoms with E-state index in [1.54, 1.807) is 20.3 Å². The third kappa shape index (κ3) is 16.0. The van der Waals surface area contributed by atoms with Crippen LogP contribution in [0.1, 0.15) is 6.92 Å². The molecule has 0 aliphatic rings. The van der Waals surface area contributed by atoms with Gasteiger partial charge in [-0.25, -0.2) is 0 Å². The number of para-hydroxylation sites is 1. The number of amides is 1. The lowest BCUT2D eigenvalue weighted by molar-refractivity contribution is -0.106. The third-order valence-corrected chi connectivity index (χ3v) is 2.33. The SMILES string of the molecule is CC=N.COc1cccc2ccoc12.FC(F)F.NC=O.c1ccccc1. The zero-order chi connectivity index (χ0) is 20.9. The van der Waals surface area contributed by atoms with Crippen molar-refractivity contribution in [2.24, 2.45) is 5.73 Å². The lowest BCUT2D eigenvalue weighted by Gasteiger charge is -1.97.